The molecule has 0 aliphatic heterocycles. The van der Waals surface area contributed by atoms with Gasteiger partial charge in [0.15, 0.2) is 5.78 Å². The molecule has 0 bridgehead atoms. The Morgan fingerprint density at radius 3 is 2.53 bits per heavy atom. The summed E-state index contributed by atoms with van der Waals surface area (Å²) in [5, 5.41) is 4.19. The molecule has 7 nitrogen and oxygen atoms in total. The summed E-state index contributed by atoms with van der Waals surface area (Å²) < 4.78 is 29.9. The van der Waals surface area contributed by atoms with E-state index < -0.39 is 9.84 Å². The van der Waals surface area contributed by atoms with Gasteiger partial charge in [-0.15, -0.1) is 0 Å². The first-order chi connectivity index (χ1) is 16.4. The Balaban J connectivity index is 1.29. The number of aryl methyl sites for hydroxylation is 2. The molecule has 3 aromatic heterocycles. The number of imidazole rings is 1. The van der Waals surface area contributed by atoms with Crippen LogP contribution in [0, 0.1) is 6.92 Å². The monoisotopic (exact) mass is 470 g/mol. The fraction of sp³-hybridized carbons (Fsp3) is 0.115. The molecule has 0 aliphatic carbocycles. The molecule has 0 spiro atoms. The minimum atomic E-state index is -3.67. The lowest BCUT2D eigenvalue weighted by Gasteiger charge is -2.11. The Labute approximate surface area is 197 Å². The van der Waals surface area contributed by atoms with Crippen LogP contribution in [0.4, 0.5) is 0 Å². The molecule has 34 heavy (non-hydrogen) atoms. The predicted octanol–water partition coefficient (Wildman–Crippen LogP) is 4.48. The van der Waals surface area contributed by atoms with Crippen molar-refractivity contribution in [3.05, 3.63) is 108 Å². The lowest BCUT2D eigenvalue weighted by molar-refractivity contribution is 0.0982. The summed E-state index contributed by atoms with van der Waals surface area (Å²) in [5.74, 6) is 0.0280. The molecule has 0 saturated heterocycles. The van der Waals surface area contributed by atoms with Gasteiger partial charge in [0.2, 0.25) is 9.84 Å². The molecule has 5 rings (SSSR count). The fourth-order valence-electron chi connectivity index (χ4n) is 3.95. The second-order valence-corrected chi connectivity index (χ2v) is 10.00. The van der Waals surface area contributed by atoms with Crippen molar-refractivity contribution >= 4 is 21.3 Å². The maximum Gasteiger partial charge on any atom is 0.206 e. The quantitative estimate of drug-likeness (QED) is 0.328. The third-order valence-corrected chi connectivity index (χ3v) is 7.73. The van der Waals surface area contributed by atoms with Gasteiger partial charge in [-0.25, -0.2) is 18.1 Å². The van der Waals surface area contributed by atoms with E-state index in [9.17, 15) is 13.2 Å². The molecule has 0 fully saturated rings. The van der Waals surface area contributed by atoms with Crippen LogP contribution in [0.1, 0.15) is 27.9 Å². The van der Waals surface area contributed by atoms with Crippen LogP contribution in [0.15, 0.2) is 101 Å². The molecular formula is C26H22N4O3S. The normalized spacial score (nSPS) is 11.7. The van der Waals surface area contributed by atoms with Crippen molar-refractivity contribution in [3.63, 3.8) is 0 Å². The van der Waals surface area contributed by atoms with Crippen LogP contribution in [-0.4, -0.2) is 33.4 Å². The Kier molecular flexibility index (Phi) is 5.59. The first-order valence-electron chi connectivity index (χ1n) is 10.8. The first-order valence-corrected chi connectivity index (χ1v) is 12.3. The van der Waals surface area contributed by atoms with Crippen LogP contribution < -0.4 is 0 Å². The van der Waals surface area contributed by atoms with Gasteiger partial charge >= 0.3 is 0 Å². The molecule has 3 heterocycles. The van der Waals surface area contributed by atoms with Gasteiger partial charge < -0.3 is 4.40 Å². The second-order valence-electron chi connectivity index (χ2n) is 8.08. The van der Waals surface area contributed by atoms with E-state index in [4.69, 9.17) is 0 Å². The Morgan fingerprint density at radius 2 is 1.79 bits per heavy atom. The molecule has 0 radical (unpaired) electrons. The molecule has 0 amide bonds. The van der Waals surface area contributed by atoms with Crippen molar-refractivity contribution in [2.45, 2.75) is 29.6 Å². The molecule has 0 saturated carbocycles. The van der Waals surface area contributed by atoms with Crippen molar-refractivity contribution in [1.29, 1.82) is 0 Å². The average Bonchev–Trinajstić information content (AvgIpc) is 3.54. The topological polar surface area (TPSA) is 86.3 Å². The van der Waals surface area contributed by atoms with Gasteiger partial charge in [0, 0.05) is 43.0 Å². The summed E-state index contributed by atoms with van der Waals surface area (Å²) in [4.78, 5) is 17.3. The van der Waals surface area contributed by atoms with Crippen molar-refractivity contribution in [2.75, 3.05) is 0 Å². The molecule has 2 aromatic carbocycles. The highest BCUT2D eigenvalue weighted by Crippen LogP contribution is 2.26. The van der Waals surface area contributed by atoms with Crippen molar-refractivity contribution in [3.8, 4) is 5.69 Å². The van der Waals surface area contributed by atoms with Crippen LogP contribution in [-0.2, 0) is 16.3 Å². The number of carbonyl (C=O) groups is 1. The van der Waals surface area contributed by atoms with Gasteiger partial charge in [0.05, 0.1) is 15.5 Å². The van der Waals surface area contributed by atoms with Gasteiger partial charge in [-0.05, 0) is 73.0 Å². The Bertz CT molecular complexity index is 1590. The molecular weight excluding hydrogens is 448 g/mol. The van der Waals surface area contributed by atoms with Gasteiger partial charge in [0.25, 0.3) is 0 Å². The number of hydrogen-bond acceptors (Lipinski definition) is 5. The zero-order chi connectivity index (χ0) is 23.7. The Morgan fingerprint density at radius 1 is 0.971 bits per heavy atom. The summed E-state index contributed by atoms with van der Waals surface area (Å²) in [6.45, 7) is 1.78. The van der Waals surface area contributed by atoms with Gasteiger partial charge in [-0.2, -0.15) is 5.10 Å². The summed E-state index contributed by atoms with van der Waals surface area (Å²) >= 11 is 0. The first kappa shape index (κ1) is 21.8. The predicted molar refractivity (Wildman–Crippen MR) is 128 cm³/mol. The molecule has 0 atom stereocenters. The summed E-state index contributed by atoms with van der Waals surface area (Å²) in [7, 11) is -3.67. The van der Waals surface area contributed by atoms with Crippen molar-refractivity contribution < 1.29 is 13.2 Å². The number of Topliss-reactive ketones (excluding diaryl/α,β-unsaturated/α-hetero) is 1. The highest BCUT2D eigenvalue weighted by atomic mass is 32.2. The number of carbonyl (C=O) groups excluding carboxylic acids is 1. The van der Waals surface area contributed by atoms with Crippen molar-refractivity contribution in [2.24, 2.45) is 0 Å². The Hall–Kier alpha value is -4.04. The van der Waals surface area contributed by atoms with E-state index in [1.54, 1.807) is 84.9 Å². The maximum absolute atomic E-state index is 13.2. The molecule has 170 valence electrons. The number of hydrogen-bond donors (Lipinski definition) is 0. The standard InChI is InChI=1S/C26H22N4O3S/c1-19-17-22(30-15-2-13-28-30)7-11-25(19)34(32,33)23-8-3-20(4-9-23)5-10-24(31)21-6-12-26-27-14-16-29(26)18-21/h2-4,6-9,11-18H,5,10H2,1H3. The van der Waals surface area contributed by atoms with Gasteiger partial charge in [0.1, 0.15) is 5.65 Å². The number of benzene rings is 2. The van der Waals surface area contributed by atoms with Gasteiger partial charge in [-0.3, -0.25) is 4.79 Å². The number of fused-ring (bicyclic) bond motifs is 1. The molecule has 5 aromatic rings. The third kappa shape index (κ3) is 4.15. The van der Waals surface area contributed by atoms with E-state index in [-0.39, 0.29) is 15.6 Å². The summed E-state index contributed by atoms with van der Waals surface area (Å²) in [6, 6.07) is 17.3. The summed E-state index contributed by atoms with van der Waals surface area (Å²) in [6.07, 6.45) is 9.61. The molecule has 0 N–H and O–H groups in total. The third-order valence-electron chi connectivity index (χ3n) is 5.80. The molecule has 8 heteroatoms. The number of sulfone groups is 1. The lowest BCUT2D eigenvalue weighted by Crippen LogP contribution is -2.06. The molecule has 0 unspecified atom stereocenters. The van der Waals surface area contributed by atoms with E-state index in [1.165, 1.54) is 0 Å². The van der Waals surface area contributed by atoms with E-state index in [0.29, 0.717) is 24.0 Å². The zero-order valence-electron chi connectivity index (χ0n) is 18.5. The number of rotatable bonds is 7. The van der Waals surface area contributed by atoms with E-state index >= 15 is 0 Å². The van der Waals surface area contributed by atoms with E-state index in [0.717, 1.165) is 16.9 Å². The number of ketones is 1. The van der Waals surface area contributed by atoms with E-state index in [1.807, 2.05) is 22.7 Å². The minimum Gasteiger partial charge on any atom is -0.306 e. The number of pyridine rings is 1. The highest BCUT2D eigenvalue weighted by molar-refractivity contribution is 7.91. The second kappa shape index (κ2) is 8.72. The van der Waals surface area contributed by atoms with Crippen LogP contribution in [0.5, 0.6) is 0 Å². The largest absolute Gasteiger partial charge is 0.306 e. The maximum atomic E-state index is 13.2. The summed E-state index contributed by atoms with van der Waals surface area (Å²) in [5.41, 5.74) is 3.77. The number of aromatic nitrogens is 4. The average molecular weight is 471 g/mol. The minimum absolute atomic E-state index is 0.0280. The van der Waals surface area contributed by atoms with Crippen molar-refractivity contribution in [1.82, 2.24) is 19.2 Å². The molecule has 0 aliphatic rings. The smallest absolute Gasteiger partial charge is 0.206 e. The number of nitrogens with zero attached hydrogens (tertiary/aromatic N) is 4. The van der Waals surface area contributed by atoms with Crippen LogP contribution >= 0.6 is 0 Å². The zero-order valence-corrected chi connectivity index (χ0v) is 19.3. The van der Waals surface area contributed by atoms with Crippen LogP contribution in [0.2, 0.25) is 0 Å². The fourth-order valence-corrected chi connectivity index (χ4v) is 5.43. The van der Waals surface area contributed by atoms with Crippen LogP contribution in [0.3, 0.4) is 0 Å². The van der Waals surface area contributed by atoms with Crippen LogP contribution in [0.25, 0.3) is 11.3 Å². The van der Waals surface area contributed by atoms with Gasteiger partial charge in [-0.1, -0.05) is 12.1 Å². The van der Waals surface area contributed by atoms with E-state index in [2.05, 4.69) is 10.1 Å². The lowest BCUT2D eigenvalue weighted by atomic mass is 10.0. The SMILES string of the molecule is Cc1cc(-n2cccn2)ccc1S(=O)(=O)c1ccc(CCC(=O)c2ccc3nccn3c2)cc1. The highest BCUT2D eigenvalue weighted by Gasteiger charge is 2.20.